The van der Waals surface area contributed by atoms with E-state index in [1.165, 1.54) is 11.1 Å². The van der Waals surface area contributed by atoms with Gasteiger partial charge in [0.25, 0.3) is 0 Å². The van der Waals surface area contributed by atoms with E-state index in [2.05, 4.69) is 56.3 Å². The van der Waals surface area contributed by atoms with Gasteiger partial charge < -0.3 is 4.57 Å². The molecule has 2 aliphatic rings. The van der Waals surface area contributed by atoms with Crippen LogP contribution in [-0.2, 0) is 9.98 Å². The van der Waals surface area contributed by atoms with Crippen molar-refractivity contribution >= 4 is 23.1 Å². The quantitative estimate of drug-likeness (QED) is 0.394. The van der Waals surface area contributed by atoms with Gasteiger partial charge in [0.05, 0.1) is 5.69 Å². The van der Waals surface area contributed by atoms with Crippen molar-refractivity contribution in [3.63, 3.8) is 0 Å². The molecule has 0 fully saturated rings. The lowest BCUT2D eigenvalue weighted by Crippen LogP contribution is -2.29. The van der Waals surface area contributed by atoms with Gasteiger partial charge in [0.15, 0.2) is 7.14 Å². The van der Waals surface area contributed by atoms with Crippen molar-refractivity contribution in [2.75, 3.05) is 0 Å². The molecule has 31 heavy (non-hydrogen) atoms. The maximum atomic E-state index is 15.2. The molecule has 0 spiro atoms. The van der Waals surface area contributed by atoms with Crippen LogP contribution in [0.25, 0.3) is 0 Å². The van der Waals surface area contributed by atoms with E-state index >= 15 is 4.57 Å². The Kier molecular flexibility index (Phi) is 3.95. The molecule has 0 radical (unpaired) electrons. The number of rotatable bonds is 1. The molecular formula is C28H24NOP. The Bertz CT molecular complexity index is 1360. The van der Waals surface area contributed by atoms with Gasteiger partial charge in [-0.25, -0.2) is 0 Å². The fourth-order valence-electron chi connectivity index (χ4n) is 5.97. The highest BCUT2D eigenvalue weighted by molar-refractivity contribution is 7.85. The van der Waals surface area contributed by atoms with E-state index in [1.807, 2.05) is 54.7 Å². The molecule has 1 aliphatic heterocycles. The third-order valence-electron chi connectivity index (χ3n) is 7.28. The van der Waals surface area contributed by atoms with E-state index in [0.29, 0.717) is 0 Å². The number of hydrogen-bond acceptors (Lipinski definition) is 2. The lowest BCUT2D eigenvalue weighted by molar-refractivity contribution is 0.424. The highest BCUT2D eigenvalue weighted by atomic mass is 31.2. The minimum absolute atomic E-state index is 0.0862. The van der Waals surface area contributed by atoms with Crippen molar-refractivity contribution in [3.8, 4) is 0 Å². The molecule has 6 rings (SSSR count). The van der Waals surface area contributed by atoms with Gasteiger partial charge in [-0.15, -0.1) is 0 Å². The lowest BCUT2D eigenvalue weighted by atomic mass is 9.71. The molecule has 4 aromatic rings. The summed E-state index contributed by atoms with van der Waals surface area (Å²) in [4.78, 5) is 4.88. The fourth-order valence-corrected chi connectivity index (χ4v) is 9.12. The summed E-state index contributed by atoms with van der Waals surface area (Å²) in [6, 6.07) is 31.0. The van der Waals surface area contributed by atoms with Gasteiger partial charge in [0, 0.05) is 33.9 Å². The van der Waals surface area contributed by atoms with Crippen LogP contribution < -0.4 is 15.9 Å². The van der Waals surface area contributed by atoms with Gasteiger partial charge in [0.1, 0.15) is 0 Å². The van der Waals surface area contributed by atoms with Crippen LogP contribution in [0, 0.1) is 0 Å². The Hall–Kier alpha value is -2.96. The van der Waals surface area contributed by atoms with E-state index < -0.39 is 7.14 Å². The van der Waals surface area contributed by atoms with Gasteiger partial charge in [-0.05, 0) is 28.2 Å². The van der Waals surface area contributed by atoms with Crippen LogP contribution in [-0.4, -0.2) is 4.98 Å². The number of pyridine rings is 1. The Morgan fingerprint density at radius 2 is 1.35 bits per heavy atom. The molecule has 0 amide bonds. The summed E-state index contributed by atoms with van der Waals surface area (Å²) in [6.45, 7) is 4.63. The highest BCUT2D eigenvalue weighted by Gasteiger charge is 2.53. The molecule has 0 bridgehead atoms. The molecule has 1 aliphatic carbocycles. The van der Waals surface area contributed by atoms with E-state index in [-0.39, 0.29) is 17.3 Å². The molecule has 3 aromatic carbocycles. The first-order chi connectivity index (χ1) is 15.0. The Balaban J connectivity index is 1.79. The minimum atomic E-state index is -3.04. The first-order valence-corrected chi connectivity index (χ1v) is 12.6. The zero-order valence-electron chi connectivity index (χ0n) is 17.7. The van der Waals surface area contributed by atoms with Crippen molar-refractivity contribution in [1.82, 2.24) is 4.98 Å². The van der Waals surface area contributed by atoms with Crippen molar-refractivity contribution in [2.24, 2.45) is 0 Å². The Morgan fingerprint density at radius 1 is 0.742 bits per heavy atom. The van der Waals surface area contributed by atoms with Crippen LogP contribution in [0.3, 0.4) is 0 Å². The van der Waals surface area contributed by atoms with Crippen LogP contribution in [0.2, 0.25) is 0 Å². The number of benzene rings is 3. The zero-order chi connectivity index (χ0) is 21.2. The molecule has 3 heteroatoms. The summed E-state index contributed by atoms with van der Waals surface area (Å²) in [5, 5.41) is 2.83. The van der Waals surface area contributed by atoms with E-state index in [4.69, 9.17) is 4.98 Å². The predicted molar refractivity (Wildman–Crippen MR) is 128 cm³/mol. The van der Waals surface area contributed by atoms with Crippen molar-refractivity contribution in [1.29, 1.82) is 0 Å². The third-order valence-corrected chi connectivity index (χ3v) is 10.5. The molecule has 2 heterocycles. The molecule has 3 unspecified atom stereocenters. The molecule has 0 saturated carbocycles. The molecular weight excluding hydrogens is 397 g/mol. The maximum absolute atomic E-state index is 15.2. The fraction of sp³-hybridized carbons (Fsp3) is 0.179. The molecule has 2 nitrogen and oxygen atoms in total. The van der Waals surface area contributed by atoms with Crippen molar-refractivity contribution < 1.29 is 4.57 Å². The summed E-state index contributed by atoms with van der Waals surface area (Å²) in [6.07, 6.45) is 1.90. The number of hydrogen-bond donors (Lipinski definition) is 0. The van der Waals surface area contributed by atoms with Crippen molar-refractivity contribution in [2.45, 2.75) is 31.1 Å². The monoisotopic (exact) mass is 421 g/mol. The van der Waals surface area contributed by atoms with E-state index in [1.54, 1.807) is 0 Å². The second kappa shape index (κ2) is 6.52. The van der Waals surface area contributed by atoms with Gasteiger partial charge in [-0.3, -0.25) is 4.98 Å². The van der Waals surface area contributed by atoms with Crippen LogP contribution in [0.1, 0.15) is 48.1 Å². The molecule has 3 atom stereocenters. The summed E-state index contributed by atoms with van der Waals surface area (Å²) in [5.74, 6) is 0.261. The zero-order valence-corrected chi connectivity index (χ0v) is 18.6. The maximum Gasteiger partial charge on any atom is 0.171 e. The van der Waals surface area contributed by atoms with Gasteiger partial charge in [0.2, 0.25) is 0 Å². The number of aromatic nitrogens is 1. The van der Waals surface area contributed by atoms with E-state index in [0.717, 1.165) is 27.2 Å². The lowest BCUT2D eigenvalue weighted by Gasteiger charge is -2.32. The first kappa shape index (κ1) is 18.8. The summed E-state index contributed by atoms with van der Waals surface area (Å²) in [5.41, 5.74) is 4.65. The Morgan fingerprint density at radius 3 is 2.10 bits per heavy atom. The SMILES string of the molecule is CC1(C)c2cccnc2C2c3ccccc3P(=O)(c3ccccc3)c3ccccc3C21. The van der Waals surface area contributed by atoms with Gasteiger partial charge in [-0.1, -0.05) is 98.8 Å². The normalized spacial score (nSPS) is 25.0. The molecule has 152 valence electrons. The second-order valence-electron chi connectivity index (χ2n) is 9.18. The average Bonchev–Trinajstić information content (AvgIpc) is 2.99. The summed E-state index contributed by atoms with van der Waals surface area (Å²) in [7, 11) is -3.04. The number of nitrogens with zero attached hydrogens (tertiary/aromatic N) is 1. The summed E-state index contributed by atoms with van der Waals surface area (Å²) >= 11 is 0. The minimum Gasteiger partial charge on any atom is -0.309 e. The molecule has 0 saturated heterocycles. The second-order valence-corrected chi connectivity index (χ2v) is 11.9. The van der Waals surface area contributed by atoms with Crippen LogP contribution in [0.15, 0.2) is 97.2 Å². The molecule has 1 aromatic heterocycles. The largest absolute Gasteiger partial charge is 0.309 e. The highest BCUT2D eigenvalue weighted by Crippen LogP contribution is 2.61. The Labute approximate surface area is 183 Å². The van der Waals surface area contributed by atoms with Gasteiger partial charge >= 0.3 is 0 Å². The topological polar surface area (TPSA) is 30.0 Å². The standard InChI is InChI=1S/C28H24NOP/c1-28(2)22-15-10-18-29-27(22)25-20-13-6-8-16-23(20)31(30,19-11-4-3-5-12-19)24-17-9-7-14-21(24)26(25)28/h3-18,25-26H,1-2H3. The summed E-state index contributed by atoms with van der Waals surface area (Å²) < 4.78 is 15.2. The molecule has 0 N–H and O–H groups in total. The van der Waals surface area contributed by atoms with E-state index in [9.17, 15) is 0 Å². The number of fused-ring (bicyclic) bond motifs is 7. The van der Waals surface area contributed by atoms with Crippen LogP contribution in [0.4, 0.5) is 0 Å². The van der Waals surface area contributed by atoms with Crippen LogP contribution >= 0.6 is 7.14 Å². The first-order valence-electron chi connectivity index (χ1n) is 10.8. The van der Waals surface area contributed by atoms with Crippen LogP contribution in [0.5, 0.6) is 0 Å². The third kappa shape index (κ3) is 2.40. The van der Waals surface area contributed by atoms with Crippen molar-refractivity contribution in [3.05, 3.63) is 120 Å². The smallest absolute Gasteiger partial charge is 0.171 e. The average molecular weight is 421 g/mol. The van der Waals surface area contributed by atoms with Gasteiger partial charge in [-0.2, -0.15) is 0 Å². The predicted octanol–water partition coefficient (Wildman–Crippen LogP) is 5.24.